The van der Waals surface area contributed by atoms with Gasteiger partial charge in [0.1, 0.15) is 0 Å². The predicted octanol–water partition coefficient (Wildman–Crippen LogP) is 3.35. The zero-order valence-electron chi connectivity index (χ0n) is 18.3. The van der Waals surface area contributed by atoms with E-state index in [1.165, 1.54) is 0 Å². The maximum Gasteiger partial charge on any atom is 0.241 e. The minimum Gasteiger partial charge on any atom is -0.264 e. The number of nitrogens with zero attached hydrogens (tertiary/aromatic N) is 2. The van der Waals surface area contributed by atoms with E-state index in [4.69, 9.17) is 0 Å². The van der Waals surface area contributed by atoms with Crippen molar-refractivity contribution < 1.29 is 16.8 Å². The number of nitrogens with one attached hydrogen (secondary N) is 2. The molecular formula is C24H24N4O4S2. The number of sulfonamides is 2. The first-order chi connectivity index (χ1) is 16.3. The molecule has 2 atom stereocenters. The van der Waals surface area contributed by atoms with Gasteiger partial charge in [-0.15, -0.1) is 0 Å². The highest BCUT2D eigenvalue weighted by molar-refractivity contribution is 7.90. The molecule has 0 bridgehead atoms. The summed E-state index contributed by atoms with van der Waals surface area (Å²) in [5.74, 6) is 0. The van der Waals surface area contributed by atoms with Crippen molar-refractivity contribution >= 4 is 41.6 Å². The zero-order chi connectivity index (χ0) is 23.8. The Balaban J connectivity index is 1.35. The third-order valence-corrected chi connectivity index (χ3v) is 9.34. The first kappa shape index (κ1) is 22.9. The van der Waals surface area contributed by atoms with Gasteiger partial charge in [-0.2, -0.15) is 0 Å². The lowest BCUT2D eigenvalue weighted by Gasteiger charge is -2.30. The lowest BCUT2D eigenvalue weighted by Crippen LogP contribution is -2.45. The highest BCUT2D eigenvalue weighted by Gasteiger charge is 2.30. The number of pyridine rings is 2. The van der Waals surface area contributed by atoms with E-state index in [-0.39, 0.29) is 21.9 Å². The van der Waals surface area contributed by atoms with Crippen molar-refractivity contribution in [3.05, 3.63) is 73.3 Å². The molecule has 2 heterocycles. The Morgan fingerprint density at radius 3 is 1.62 bits per heavy atom. The van der Waals surface area contributed by atoms with Crippen LogP contribution in [0.3, 0.4) is 0 Å². The third-order valence-electron chi connectivity index (χ3n) is 6.18. The Bertz CT molecular complexity index is 1440. The summed E-state index contributed by atoms with van der Waals surface area (Å²) in [6, 6.07) is 12.8. The highest BCUT2D eigenvalue weighted by Crippen LogP contribution is 2.27. The van der Waals surface area contributed by atoms with Crippen molar-refractivity contribution in [2.24, 2.45) is 0 Å². The van der Waals surface area contributed by atoms with Gasteiger partial charge in [-0.1, -0.05) is 30.7 Å². The molecule has 2 aromatic carbocycles. The molecule has 2 aromatic heterocycles. The summed E-state index contributed by atoms with van der Waals surface area (Å²) in [5, 5.41) is 2.68. The van der Waals surface area contributed by atoms with Crippen molar-refractivity contribution in [3.8, 4) is 0 Å². The molecule has 5 rings (SSSR count). The van der Waals surface area contributed by atoms with Crippen molar-refractivity contribution in [3.63, 3.8) is 0 Å². The van der Waals surface area contributed by atoms with Gasteiger partial charge in [0.15, 0.2) is 0 Å². The van der Waals surface area contributed by atoms with Crippen LogP contribution in [0.1, 0.15) is 25.7 Å². The fourth-order valence-corrected chi connectivity index (χ4v) is 7.65. The van der Waals surface area contributed by atoms with Crippen LogP contribution in [0.5, 0.6) is 0 Å². The van der Waals surface area contributed by atoms with Crippen LogP contribution in [0, 0.1) is 0 Å². The molecule has 1 aliphatic carbocycles. The second-order valence-corrected chi connectivity index (χ2v) is 11.9. The molecule has 0 spiro atoms. The number of aromatic nitrogens is 2. The third kappa shape index (κ3) is 4.54. The molecule has 1 saturated carbocycles. The standard InChI is InChI=1S/C24H24N4O4S2/c29-33(30,23-8-1-4-17-15-25-12-10-21(17)23)27-19-6-3-7-20(14-19)28-34(31,32)24-9-2-5-18-16-26-13-11-22(18)24/h1-2,4-5,8-13,15-16,19-20,27-28H,3,6-7,14H2. The van der Waals surface area contributed by atoms with E-state index >= 15 is 0 Å². The predicted molar refractivity (Wildman–Crippen MR) is 130 cm³/mol. The Kier molecular flexibility index (Phi) is 6.07. The molecule has 0 aliphatic heterocycles. The van der Waals surface area contributed by atoms with E-state index < -0.39 is 20.0 Å². The summed E-state index contributed by atoms with van der Waals surface area (Å²) in [4.78, 5) is 8.50. The quantitative estimate of drug-likeness (QED) is 0.423. The average Bonchev–Trinajstić information content (AvgIpc) is 2.83. The Hall–Kier alpha value is -2.92. The van der Waals surface area contributed by atoms with Crippen LogP contribution in [0.15, 0.2) is 83.1 Å². The summed E-state index contributed by atoms with van der Waals surface area (Å²) >= 11 is 0. The Labute approximate surface area is 198 Å². The highest BCUT2D eigenvalue weighted by atomic mass is 32.2. The van der Waals surface area contributed by atoms with E-state index in [0.717, 1.165) is 10.8 Å². The summed E-state index contributed by atoms with van der Waals surface area (Å²) in [5.41, 5.74) is 0. The SMILES string of the molecule is O=S(=O)(NC1CCCC(NS(=O)(=O)c2cccc3cnccc23)C1)c1cccc2cnccc12. The molecule has 0 radical (unpaired) electrons. The zero-order valence-corrected chi connectivity index (χ0v) is 19.9. The van der Waals surface area contributed by atoms with Crippen molar-refractivity contribution in [1.82, 2.24) is 19.4 Å². The first-order valence-electron chi connectivity index (χ1n) is 11.0. The van der Waals surface area contributed by atoms with Crippen LogP contribution >= 0.6 is 0 Å². The van der Waals surface area contributed by atoms with E-state index in [1.54, 1.807) is 61.2 Å². The minimum absolute atomic E-state index is 0.194. The lowest BCUT2D eigenvalue weighted by atomic mass is 9.92. The summed E-state index contributed by atoms with van der Waals surface area (Å²) < 4.78 is 58.4. The Morgan fingerprint density at radius 1 is 0.676 bits per heavy atom. The van der Waals surface area contributed by atoms with Gasteiger partial charge in [-0.3, -0.25) is 9.97 Å². The van der Waals surface area contributed by atoms with E-state index in [1.807, 2.05) is 12.1 Å². The number of hydrogen-bond donors (Lipinski definition) is 2. The molecule has 0 amide bonds. The van der Waals surface area contributed by atoms with Gasteiger partial charge in [-0.25, -0.2) is 26.3 Å². The summed E-state index contributed by atoms with van der Waals surface area (Å²) in [6.45, 7) is 0. The molecule has 0 saturated heterocycles. The smallest absolute Gasteiger partial charge is 0.241 e. The van der Waals surface area contributed by atoms with Crippen LogP contribution in [-0.2, 0) is 20.0 Å². The number of fused-ring (bicyclic) bond motifs is 2. The van der Waals surface area contributed by atoms with Crippen molar-refractivity contribution in [2.75, 3.05) is 0 Å². The normalized spacial score (nSPS) is 19.4. The second-order valence-electron chi connectivity index (χ2n) is 8.51. The van der Waals surface area contributed by atoms with E-state index in [9.17, 15) is 16.8 Å². The number of benzene rings is 2. The van der Waals surface area contributed by atoms with Crippen LogP contribution < -0.4 is 9.44 Å². The maximum absolute atomic E-state index is 13.2. The van der Waals surface area contributed by atoms with Crippen LogP contribution in [0.4, 0.5) is 0 Å². The van der Waals surface area contributed by atoms with Gasteiger partial charge in [0, 0.05) is 58.4 Å². The molecule has 2 N–H and O–H groups in total. The van der Waals surface area contributed by atoms with Crippen molar-refractivity contribution in [2.45, 2.75) is 47.6 Å². The van der Waals surface area contributed by atoms with Gasteiger partial charge < -0.3 is 0 Å². The Morgan fingerprint density at radius 2 is 1.15 bits per heavy atom. The average molecular weight is 497 g/mol. The van der Waals surface area contributed by atoms with Crippen LogP contribution in [0.2, 0.25) is 0 Å². The molecule has 34 heavy (non-hydrogen) atoms. The van der Waals surface area contributed by atoms with Crippen LogP contribution in [0.25, 0.3) is 21.5 Å². The van der Waals surface area contributed by atoms with Crippen molar-refractivity contribution in [1.29, 1.82) is 0 Å². The largest absolute Gasteiger partial charge is 0.264 e. The van der Waals surface area contributed by atoms with E-state index in [2.05, 4.69) is 19.4 Å². The first-order valence-corrected chi connectivity index (χ1v) is 14.0. The topological polar surface area (TPSA) is 118 Å². The molecule has 2 unspecified atom stereocenters. The minimum atomic E-state index is -3.80. The fraction of sp³-hybridized carbons (Fsp3) is 0.250. The van der Waals surface area contributed by atoms with Gasteiger partial charge in [-0.05, 0) is 43.5 Å². The molecule has 4 aromatic rings. The fourth-order valence-electron chi connectivity index (χ4n) is 4.62. The molecule has 8 nitrogen and oxygen atoms in total. The summed E-state index contributed by atoms with van der Waals surface area (Å²) in [7, 11) is -7.59. The second kappa shape index (κ2) is 9.03. The molecule has 1 fully saturated rings. The van der Waals surface area contributed by atoms with Gasteiger partial charge >= 0.3 is 0 Å². The molecule has 10 heteroatoms. The molecule has 176 valence electrons. The van der Waals surface area contributed by atoms with Crippen LogP contribution in [-0.4, -0.2) is 38.9 Å². The lowest BCUT2D eigenvalue weighted by molar-refractivity contribution is 0.353. The molecular weight excluding hydrogens is 472 g/mol. The van der Waals surface area contributed by atoms with Gasteiger partial charge in [0.2, 0.25) is 20.0 Å². The number of rotatable bonds is 6. The number of hydrogen-bond acceptors (Lipinski definition) is 6. The maximum atomic E-state index is 13.2. The summed E-state index contributed by atoms with van der Waals surface area (Å²) in [6.07, 6.45) is 8.75. The molecule has 1 aliphatic rings. The van der Waals surface area contributed by atoms with Gasteiger partial charge in [0.05, 0.1) is 9.79 Å². The van der Waals surface area contributed by atoms with E-state index in [0.29, 0.717) is 36.5 Å². The monoisotopic (exact) mass is 496 g/mol. The van der Waals surface area contributed by atoms with Gasteiger partial charge in [0.25, 0.3) is 0 Å².